The zero-order valence-electron chi connectivity index (χ0n) is 8.70. The average Bonchev–Trinajstić information content (AvgIpc) is 2.97. The van der Waals surface area contributed by atoms with Gasteiger partial charge in [-0.3, -0.25) is 4.79 Å². The Kier molecular flexibility index (Phi) is 3.46. The van der Waals surface area contributed by atoms with E-state index < -0.39 is 0 Å². The Balaban J connectivity index is 2.14. The summed E-state index contributed by atoms with van der Waals surface area (Å²) < 4.78 is 0. The van der Waals surface area contributed by atoms with Gasteiger partial charge in [-0.05, 0) is 36.8 Å². The number of hydrogen-bond acceptors (Lipinski definition) is 2. The van der Waals surface area contributed by atoms with Crippen molar-refractivity contribution >= 4 is 33.2 Å². The molecule has 0 N–H and O–H groups in total. The lowest BCUT2D eigenvalue weighted by Gasteiger charge is -2.20. The summed E-state index contributed by atoms with van der Waals surface area (Å²) in [5, 5.41) is 2.85. The predicted octanol–water partition coefficient (Wildman–Crippen LogP) is 3.06. The second-order valence-corrected chi connectivity index (χ2v) is 5.56. The first-order chi connectivity index (χ1) is 7.24. The highest BCUT2D eigenvalue weighted by Gasteiger charge is 2.33. The molecule has 0 atom stereocenters. The molecule has 1 aromatic heterocycles. The zero-order valence-corrected chi connectivity index (χ0v) is 11.1. The number of amides is 1. The highest BCUT2D eigenvalue weighted by molar-refractivity contribution is 9.09. The highest BCUT2D eigenvalue weighted by atomic mass is 79.9. The topological polar surface area (TPSA) is 20.3 Å². The van der Waals surface area contributed by atoms with Gasteiger partial charge in [0.05, 0.1) is 4.88 Å². The maximum absolute atomic E-state index is 12.2. The Morgan fingerprint density at radius 2 is 2.40 bits per heavy atom. The summed E-state index contributed by atoms with van der Waals surface area (Å²) in [6.07, 6.45) is 2.34. The number of thiophene rings is 1. The largest absolute Gasteiger partial charge is 0.334 e. The van der Waals surface area contributed by atoms with E-state index in [0.29, 0.717) is 6.04 Å². The normalized spacial score (nSPS) is 15.3. The molecule has 4 heteroatoms. The molecule has 0 bridgehead atoms. The maximum atomic E-state index is 12.2. The van der Waals surface area contributed by atoms with E-state index in [9.17, 15) is 4.79 Å². The third-order valence-electron chi connectivity index (χ3n) is 2.63. The highest BCUT2D eigenvalue weighted by Crippen LogP contribution is 2.29. The van der Waals surface area contributed by atoms with Crippen molar-refractivity contribution in [1.29, 1.82) is 0 Å². The first kappa shape index (κ1) is 11.1. The smallest absolute Gasteiger partial charge is 0.264 e. The van der Waals surface area contributed by atoms with Crippen LogP contribution in [0.2, 0.25) is 0 Å². The van der Waals surface area contributed by atoms with E-state index in [1.807, 2.05) is 23.3 Å². The second kappa shape index (κ2) is 4.66. The van der Waals surface area contributed by atoms with Gasteiger partial charge in [0.1, 0.15) is 0 Å². The maximum Gasteiger partial charge on any atom is 0.264 e. The van der Waals surface area contributed by atoms with Gasteiger partial charge in [-0.15, -0.1) is 11.3 Å². The van der Waals surface area contributed by atoms with Gasteiger partial charge in [0.25, 0.3) is 5.91 Å². The van der Waals surface area contributed by atoms with Crippen molar-refractivity contribution in [2.75, 3.05) is 11.9 Å². The SMILES string of the molecule is Cc1ccsc1C(=O)N(CCBr)C1CC1. The van der Waals surface area contributed by atoms with Gasteiger partial charge in [-0.25, -0.2) is 0 Å². The van der Waals surface area contributed by atoms with Crippen molar-refractivity contribution < 1.29 is 4.79 Å². The number of carbonyl (C=O) groups excluding carboxylic acids is 1. The summed E-state index contributed by atoms with van der Waals surface area (Å²) >= 11 is 4.96. The molecule has 0 unspecified atom stereocenters. The van der Waals surface area contributed by atoms with E-state index in [1.165, 1.54) is 12.8 Å². The van der Waals surface area contributed by atoms with E-state index >= 15 is 0 Å². The summed E-state index contributed by atoms with van der Waals surface area (Å²) in [6.45, 7) is 2.82. The minimum absolute atomic E-state index is 0.212. The van der Waals surface area contributed by atoms with Crippen LogP contribution in [-0.4, -0.2) is 28.7 Å². The first-order valence-corrected chi connectivity index (χ1v) is 7.15. The lowest BCUT2D eigenvalue weighted by Crippen LogP contribution is -2.34. The van der Waals surface area contributed by atoms with Crippen molar-refractivity contribution in [2.24, 2.45) is 0 Å². The molecule has 0 spiro atoms. The van der Waals surface area contributed by atoms with E-state index in [4.69, 9.17) is 0 Å². The molecule has 0 radical (unpaired) electrons. The van der Waals surface area contributed by atoms with Crippen LogP contribution in [0.15, 0.2) is 11.4 Å². The molecule has 1 saturated carbocycles. The van der Waals surface area contributed by atoms with E-state index in [0.717, 1.165) is 22.3 Å². The molecular formula is C11H14BrNOS. The third kappa shape index (κ3) is 2.42. The van der Waals surface area contributed by atoms with Crippen LogP contribution >= 0.6 is 27.3 Å². The number of carbonyl (C=O) groups is 1. The van der Waals surface area contributed by atoms with Gasteiger partial charge in [-0.2, -0.15) is 0 Å². The molecule has 0 saturated heterocycles. The standard InChI is InChI=1S/C11H14BrNOS/c1-8-4-7-15-10(8)11(14)13(6-5-12)9-2-3-9/h4,7,9H,2-3,5-6H2,1H3. The van der Waals surface area contributed by atoms with E-state index in [2.05, 4.69) is 15.9 Å². The van der Waals surface area contributed by atoms with Crippen LogP contribution in [0.1, 0.15) is 28.1 Å². The Morgan fingerprint density at radius 1 is 1.67 bits per heavy atom. The number of aryl methyl sites for hydroxylation is 1. The monoisotopic (exact) mass is 287 g/mol. The molecule has 1 aliphatic carbocycles. The Morgan fingerprint density at radius 3 is 2.87 bits per heavy atom. The molecule has 15 heavy (non-hydrogen) atoms. The van der Waals surface area contributed by atoms with Gasteiger partial charge >= 0.3 is 0 Å². The fourth-order valence-electron chi connectivity index (χ4n) is 1.65. The van der Waals surface area contributed by atoms with Crippen molar-refractivity contribution in [3.63, 3.8) is 0 Å². The summed E-state index contributed by atoms with van der Waals surface area (Å²) in [7, 11) is 0. The average molecular weight is 288 g/mol. The number of halogens is 1. The minimum Gasteiger partial charge on any atom is -0.334 e. The number of nitrogens with zero attached hydrogens (tertiary/aromatic N) is 1. The van der Waals surface area contributed by atoms with Gasteiger partial charge in [-0.1, -0.05) is 15.9 Å². The molecule has 2 nitrogen and oxygen atoms in total. The zero-order chi connectivity index (χ0) is 10.8. The quantitative estimate of drug-likeness (QED) is 0.780. The molecule has 1 aromatic rings. The van der Waals surface area contributed by atoms with Gasteiger partial charge < -0.3 is 4.90 Å². The van der Waals surface area contributed by atoms with Crippen LogP contribution in [0.25, 0.3) is 0 Å². The van der Waals surface area contributed by atoms with Crippen LogP contribution < -0.4 is 0 Å². The lowest BCUT2D eigenvalue weighted by molar-refractivity contribution is 0.0759. The van der Waals surface area contributed by atoms with Crippen LogP contribution in [0.4, 0.5) is 0 Å². The summed E-state index contributed by atoms with van der Waals surface area (Å²) in [5.41, 5.74) is 1.10. The summed E-state index contributed by atoms with van der Waals surface area (Å²) in [6, 6.07) is 2.51. The molecule has 1 amide bonds. The molecule has 1 heterocycles. The lowest BCUT2D eigenvalue weighted by atomic mass is 10.2. The van der Waals surface area contributed by atoms with Crippen molar-refractivity contribution in [3.05, 3.63) is 21.9 Å². The molecule has 82 valence electrons. The molecular weight excluding hydrogens is 274 g/mol. The van der Waals surface area contributed by atoms with Crippen LogP contribution in [-0.2, 0) is 0 Å². The van der Waals surface area contributed by atoms with Gasteiger partial charge in [0.2, 0.25) is 0 Å². The number of alkyl halides is 1. The fraction of sp³-hybridized carbons (Fsp3) is 0.545. The van der Waals surface area contributed by atoms with Crippen LogP contribution in [0.5, 0.6) is 0 Å². The number of hydrogen-bond donors (Lipinski definition) is 0. The van der Waals surface area contributed by atoms with Gasteiger partial charge in [0.15, 0.2) is 0 Å². The van der Waals surface area contributed by atoms with Crippen LogP contribution in [0.3, 0.4) is 0 Å². The summed E-state index contributed by atoms with van der Waals surface area (Å²) in [5.74, 6) is 0.212. The second-order valence-electron chi connectivity index (χ2n) is 3.85. The summed E-state index contributed by atoms with van der Waals surface area (Å²) in [4.78, 5) is 15.1. The van der Waals surface area contributed by atoms with Crippen molar-refractivity contribution in [1.82, 2.24) is 4.90 Å². The Labute approximate surface area is 102 Å². The predicted molar refractivity (Wildman–Crippen MR) is 66.9 cm³/mol. The number of rotatable bonds is 4. The van der Waals surface area contributed by atoms with Crippen molar-refractivity contribution in [2.45, 2.75) is 25.8 Å². The molecule has 0 aromatic carbocycles. The fourth-order valence-corrected chi connectivity index (χ4v) is 2.91. The molecule has 1 fully saturated rings. The van der Waals surface area contributed by atoms with Crippen LogP contribution in [0, 0.1) is 6.92 Å². The van der Waals surface area contributed by atoms with E-state index in [-0.39, 0.29) is 5.91 Å². The first-order valence-electron chi connectivity index (χ1n) is 5.15. The molecule has 0 aliphatic heterocycles. The Hall–Kier alpha value is -0.350. The Bertz CT molecular complexity index is 359. The molecule has 1 aliphatic rings. The van der Waals surface area contributed by atoms with Gasteiger partial charge in [0, 0.05) is 17.9 Å². The third-order valence-corrected chi connectivity index (χ3v) is 3.99. The van der Waals surface area contributed by atoms with Crippen molar-refractivity contribution in [3.8, 4) is 0 Å². The molecule has 2 rings (SSSR count). The van der Waals surface area contributed by atoms with E-state index in [1.54, 1.807) is 11.3 Å². The minimum atomic E-state index is 0.212.